The summed E-state index contributed by atoms with van der Waals surface area (Å²) in [6.07, 6.45) is 4.16. The van der Waals surface area contributed by atoms with Gasteiger partial charge in [0.15, 0.2) is 0 Å². The Morgan fingerprint density at radius 1 is 1.07 bits per heavy atom. The second-order valence-corrected chi connectivity index (χ2v) is 9.38. The van der Waals surface area contributed by atoms with Gasteiger partial charge in [-0.25, -0.2) is 12.8 Å². The lowest BCUT2D eigenvalue weighted by Crippen LogP contribution is -2.42. The van der Waals surface area contributed by atoms with Crippen molar-refractivity contribution in [3.63, 3.8) is 0 Å². The van der Waals surface area contributed by atoms with Crippen LogP contribution in [0.15, 0.2) is 53.4 Å². The molecule has 0 aliphatic rings. The van der Waals surface area contributed by atoms with Gasteiger partial charge in [-0.15, -0.1) is 0 Å². The highest BCUT2D eigenvalue weighted by atomic mass is 32.2. The summed E-state index contributed by atoms with van der Waals surface area (Å²) in [6.45, 7) is 6.22. The highest BCUT2D eigenvalue weighted by Crippen LogP contribution is 2.24. The number of nitrogens with one attached hydrogen (secondary N) is 1. The van der Waals surface area contributed by atoms with Gasteiger partial charge in [-0.2, -0.15) is 0 Å². The Morgan fingerprint density at radius 3 is 2.27 bits per heavy atom. The highest BCUT2D eigenvalue weighted by Gasteiger charge is 2.27. The summed E-state index contributed by atoms with van der Waals surface area (Å²) < 4.78 is 40.9. The molecule has 0 fully saturated rings. The molecule has 30 heavy (non-hydrogen) atoms. The lowest BCUT2D eigenvalue weighted by molar-refractivity contribution is -0.119. The van der Waals surface area contributed by atoms with Gasteiger partial charge in [0.1, 0.15) is 12.4 Å². The van der Waals surface area contributed by atoms with E-state index in [2.05, 4.69) is 19.2 Å². The van der Waals surface area contributed by atoms with Gasteiger partial charge >= 0.3 is 0 Å². The van der Waals surface area contributed by atoms with Crippen molar-refractivity contribution in [3.8, 4) is 0 Å². The Bertz CT molecular complexity index is 912. The molecule has 2 rings (SSSR count). The quantitative estimate of drug-likeness (QED) is 0.559. The molecule has 0 aliphatic heterocycles. The molecular formula is C23H31FN2O3S. The van der Waals surface area contributed by atoms with Gasteiger partial charge in [-0.1, -0.05) is 50.8 Å². The number of benzene rings is 2. The van der Waals surface area contributed by atoms with Crippen molar-refractivity contribution < 1.29 is 17.6 Å². The van der Waals surface area contributed by atoms with Crippen molar-refractivity contribution in [1.82, 2.24) is 5.32 Å². The first-order valence-corrected chi connectivity index (χ1v) is 11.8. The van der Waals surface area contributed by atoms with Crippen LogP contribution in [0, 0.1) is 18.7 Å². The molecule has 0 saturated heterocycles. The van der Waals surface area contributed by atoms with Gasteiger partial charge < -0.3 is 5.32 Å². The zero-order valence-electron chi connectivity index (χ0n) is 17.9. The van der Waals surface area contributed by atoms with E-state index in [0.717, 1.165) is 35.6 Å². The van der Waals surface area contributed by atoms with E-state index >= 15 is 0 Å². The Balaban J connectivity index is 2.23. The molecule has 2 aromatic rings. The zero-order valence-corrected chi connectivity index (χ0v) is 18.7. The summed E-state index contributed by atoms with van der Waals surface area (Å²) in [7, 11) is -3.99. The van der Waals surface area contributed by atoms with Gasteiger partial charge in [0.25, 0.3) is 10.0 Å². The van der Waals surface area contributed by atoms with Crippen molar-refractivity contribution in [3.05, 3.63) is 59.9 Å². The molecule has 0 saturated carbocycles. The number of anilines is 1. The first-order chi connectivity index (χ1) is 14.3. The summed E-state index contributed by atoms with van der Waals surface area (Å²) >= 11 is 0. The van der Waals surface area contributed by atoms with Crippen LogP contribution in [0.25, 0.3) is 0 Å². The smallest absolute Gasteiger partial charge is 0.264 e. The third-order valence-corrected chi connectivity index (χ3v) is 6.93. The number of carbonyl (C=O) groups is 1. The maximum atomic E-state index is 13.4. The third-order valence-electron chi connectivity index (χ3n) is 5.14. The average Bonchev–Trinajstić information content (AvgIpc) is 2.73. The van der Waals surface area contributed by atoms with E-state index in [0.29, 0.717) is 12.5 Å². The van der Waals surface area contributed by atoms with Crippen LogP contribution in [0.3, 0.4) is 0 Å². The number of sulfonamides is 1. The lowest BCUT2D eigenvalue weighted by Gasteiger charge is -2.25. The largest absolute Gasteiger partial charge is 0.354 e. The van der Waals surface area contributed by atoms with Gasteiger partial charge in [-0.3, -0.25) is 9.10 Å². The molecule has 0 bridgehead atoms. The van der Waals surface area contributed by atoms with Crippen LogP contribution in [0.5, 0.6) is 0 Å². The van der Waals surface area contributed by atoms with E-state index < -0.39 is 15.8 Å². The van der Waals surface area contributed by atoms with Crippen LogP contribution >= 0.6 is 0 Å². The number of halogens is 1. The van der Waals surface area contributed by atoms with Crippen molar-refractivity contribution in [1.29, 1.82) is 0 Å². The van der Waals surface area contributed by atoms with E-state index in [1.165, 1.54) is 36.4 Å². The molecule has 0 aliphatic carbocycles. The number of unbranched alkanes of at least 4 members (excludes halogenated alkanes) is 1. The standard InChI is InChI=1S/C23H31FN2O3S/c1-4-6-7-19(5-2)16-25-23(27)17-26(21-12-10-20(24)11-13-21)30(28,29)22-14-8-18(3)9-15-22/h8-15,19H,4-7,16-17H2,1-3H3,(H,25,27). The predicted octanol–water partition coefficient (Wildman–Crippen LogP) is 4.66. The van der Waals surface area contributed by atoms with Crippen LogP contribution in [0.1, 0.15) is 45.1 Å². The molecule has 164 valence electrons. The normalized spacial score (nSPS) is 12.4. The number of aryl methyl sites for hydroxylation is 1. The monoisotopic (exact) mass is 434 g/mol. The van der Waals surface area contributed by atoms with E-state index in [1.54, 1.807) is 12.1 Å². The van der Waals surface area contributed by atoms with Gasteiger partial charge in [0.05, 0.1) is 10.6 Å². The fourth-order valence-corrected chi connectivity index (χ4v) is 4.57. The van der Waals surface area contributed by atoms with E-state index in [1.807, 2.05) is 6.92 Å². The molecule has 0 radical (unpaired) electrons. The number of rotatable bonds is 11. The molecule has 0 heterocycles. The molecule has 1 N–H and O–H groups in total. The Hall–Kier alpha value is -2.41. The highest BCUT2D eigenvalue weighted by molar-refractivity contribution is 7.92. The number of amides is 1. The zero-order chi connectivity index (χ0) is 22.1. The average molecular weight is 435 g/mol. The molecule has 1 atom stereocenters. The topological polar surface area (TPSA) is 66.5 Å². The first-order valence-electron chi connectivity index (χ1n) is 10.4. The van der Waals surface area contributed by atoms with Crippen LogP contribution in [-0.4, -0.2) is 27.4 Å². The summed E-state index contributed by atoms with van der Waals surface area (Å²) in [4.78, 5) is 12.7. The molecule has 5 nitrogen and oxygen atoms in total. The maximum absolute atomic E-state index is 13.4. The Kier molecular flexibility index (Phi) is 8.84. The lowest BCUT2D eigenvalue weighted by atomic mass is 9.99. The predicted molar refractivity (Wildman–Crippen MR) is 118 cm³/mol. The minimum atomic E-state index is -3.99. The fourth-order valence-electron chi connectivity index (χ4n) is 3.15. The summed E-state index contributed by atoms with van der Waals surface area (Å²) in [5, 5.41) is 2.87. The molecule has 0 aromatic heterocycles. The van der Waals surface area contributed by atoms with Crippen LogP contribution < -0.4 is 9.62 Å². The molecule has 2 aromatic carbocycles. The van der Waals surface area contributed by atoms with Crippen molar-refractivity contribution >= 4 is 21.6 Å². The number of carbonyl (C=O) groups excluding carboxylic acids is 1. The fraction of sp³-hybridized carbons (Fsp3) is 0.435. The van der Waals surface area contributed by atoms with Crippen LogP contribution in [0.2, 0.25) is 0 Å². The summed E-state index contributed by atoms with van der Waals surface area (Å²) in [5.41, 5.74) is 1.17. The molecular weight excluding hydrogens is 403 g/mol. The van der Waals surface area contributed by atoms with E-state index in [4.69, 9.17) is 0 Å². The van der Waals surface area contributed by atoms with Gasteiger partial charge in [0.2, 0.25) is 5.91 Å². The summed E-state index contributed by atoms with van der Waals surface area (Å²) in [5.74, 6) is -0.496. The Morgan fingerprint density at radius 2 is 1.70 bits per heavy atom. The van der Waals surface area contributed by atoms with Crippen LogP contribution in [-0.2, 0) is 14.8 Å². The van der Waals surface area contributed by atoms with Gasteiger partial charge in [-0.05, 0) is 55.7 Å². The van der Waals surface area contributed by atoms with E-state index in [-0.39, 0.29) is 23.0 Å². The molecule has 1 amide bonds. The molecule has 7 heteroatoms. The van der Waals surface area contributed by atoms with Crippen molar-refractivity contribution in [2.24, 2.45) is 5.92 Å². The second kappa shape index (κ2) is 11.1. The molecule has 1 unspecified atom stereocenters. The SMILES string of the molecule is CCCCC(CC)CNC(=O)CN(c1ccc(F)cc1)S(=O)(=O)c1ccc(C)cc1. The van der Waals surface area contributed by atoms with Crippen molar-refractivity contribution in [2.75, 3.05) is 17.4 Å². The minimum Gasteiger partial charge on any atom is -0.354 e. The number of hydrogen-bond donors (Lipinski definition) is 1. The second-order valence-electron chi connectivity index (χ2n) is 7.52. The van der Waals surface area contributed by atoms with Gasteiger partial charge in [0, 0.05) is 6.54 Å². The number of nitrogens with zero attached hydrogens (tertiary/aromatic N) is 1. The third kappa shape index (κ3) is 6.55. The molecule has 0 spiro atoms. The van der Waals surface area contributed by atoms with Crippen LogP contribution in [0.4, 0.5) is 10.1 Å². The van der Waals surface area contributed by atoms with Crippen molar-refractivity contribution in [2.45, 2.75) is 51.3 Å². The number of hydrogen-bond acceptors (Lipinski definition) is 3. The summed E-state index contributed by atoms with van der Waals surface area (Å²) in [6, 6.07) is 11.5. The maximum Gasteiger partial charge on any atom is 0.264 e. The van der Waals surface area contributed by atoms with E-state index in [9.17, 15) is 17.6 Å². The first kappa shape index (κ1) is 23.9. The Labute approximate surface area is 179 Å². The minimum absolute atomic E-state index is 0.0830.